The molecule has 5 nitrogen and oxygen atoms in total. The number of Topliss-reactive ketones (excluding diaryl/α,β-unsaturated/α-hetero) is 1. The fourth-order valence-electron chi connectivity index (χ4n) is 4.07. The highest BCUT2D eigenvalue weighted by molar-refractivity contribution is 6.03. The van der Waals surface area contributed by atoms with E-state index < -0.39 is 5.54 Å². The maximum atomic E-state index is 13.4. The fraction of sp³-hybridized carbons (Fsp3) is 0.650. The summed E-state index contributed by atoms with van der Waals surface area (Å²) in [6.45, 7) is 10.7. The van der Waals surface area contributed by atoms with Crippen LogP contribution >= 0.6 is 0 Å². The molecule has 0 saturated carbocycles. The molecule has 2 aliphatic rings. The van der Waals surface area contributed by atoms with E-state index in [0.29, 0.717) is 13.2 Å². The van der Waals surface area contributed by atoms with Crippen molar-refractivity contribution in [1.82, 2.24) is 4.90 Å². The standard InChI is InChI=1S/C20H30N2O3/c1-3-20(4-2,22-11-15-25-16-12-22)19(23)17-5-7-18(8-6-17)21-9-13-24-14-10-21/h5-8H,3-4,9-16H2,1-2H3. The zero-order valence-electron chi connectivity index (χ0n) is 15.5. The van der Waals surface area contributed by atoms with Crippen LogP contribution in [0.3, 0.4) is 0 Å². The van der Waals surface area contributed by atoms with E-state index in [0.717, 1.165) is 57.8 Å². The summed E-state index contributed by atoms with van der Waals surface area (Å²) < 4.78 is 10.9. The van der Waals surface area contributed by atoms with Crippen molar-refractivity contribution < 1.29 is 14.3 Å². The molecule has 0 aliphatic carbocycles. The first kappa shape index (κ1) is 18.4. The number of benzene rings is 1. The number of ketones is 1. The third kappa shape index (κ3) is 3.73. The van der Waals surface area contributed by atoms with Gasteiger partial charge in [0.05, 0.1) is 32.0 Å². The summed E-state index contributed by atoms with van der Waals surface area (Å²) in [4.78, 5) is 18.0. The van der Waals surface area contributed by atoms with Gasteiger partial charge in [0.2, 0.25) is 0 Å². The van der Waals surface area contributed by atoms with Gasteiger partial charge in [0.1, 0.15) is 0 Å². The minimum Gasteiger partial charge on any atom is -0.379 e. The lowest BCUT2D eigenvalue weighted by Gasteiger charge is -2.43. The number of morpholine rings is 2. The molecule has 5 heteroatoms. The Morgan fingerprint density at radius 1 is 0.920 bits per heavy atom. The van der Waals surface area contributed by atoms with E-state index in [1.807, 2.05) is 12.1 Å². The van der Waals surface area contributed by atoms with Gasteiger partial charge in [-0.25, -0.2) is 0 Å². The Morgan fingerprint density at radius 3 is 1.96 bits per heavy atom. The van der Waals surface area contributed by atoms with Crippen LogP contribution in [0.1, 0.15) is 37.0 Å². The summed E-state index contributed by atoms with van der Waals surface area (Å²) in [7, 11) is 0. The van der Waals surface area contributed by atoms with E-state index in [2.05, 4.69) is 35.8 Å². The van der Waals surface area contributed by atoms with E-state index in [-0.39, 0.29) is 5.78 Å². The number of ether oxygens (including phenoxy) is 2. The van der Waals surface area contributed by atoms with Crippen LogP contribution in [0.4, 0.5) is 5.69 Å². The quantitative estimate of drug-likeness (QED) is 0.741. The van der Waals surface area contributed by atoms with Crippen LogP contribution in [0.2, 0.25) is 0 Å². The second kappa shape index (κ2) is 8.30. The second-order valence-corrected chi connectivity index (χ2v) is 6.81. The van der Waals surface area contributed by atoms with Gasteiger partial charge in [-0.3, -0.25) is 9.69 Å². The summed E-state index contributed by atoms with van der Waals surface area (Å²) >= 11 is 0. The molecule has 2 fully saturated rings. The third-order valence-corrected chi connectivity index (χ3v) is 5.71. The smallest absolute Gasteiger partial charge is 0.183 e. The van der Waals surface area contributed by atoms with Crippen LogP contribution in [-0.2, 0) is 9.47 Å². The summed E-state index contributed by atoms with van der Waals surface area (Å²) in [5.74, 6) is 0.243. The van der Waals surface area contributed by atoms with Gasteiger partial charge in [0.15, 0.2) is 5.78 Å². The van der Waals surface area contributed by atoms with E-state index in [4.69, 9.17) is 9.47 Å². The first-order valence-corrected chi connectivity index (χ1v) is 9.51. The van der Waals surface area contributed by atoms with Crippen molar-refractivity contribution >= 4 is 11.5 Å². The number of hydrogen-bond donors (Lipinski definition) is 0. The number of hydrogen-bond acceptors (Lipinski definition) is 5. The van der Waals surface area contributed by atoms with Crippen LogP contribution in [0.25, 0.3) is 0 Å². The van der Waals surface area contributed by atoms with Crippen molar-refractivity contribution in [2.75, 3.05) is 57.5 Å². The number of rotatable bonds is 6. The molecule has 0 aromatic heterocycles. The first-order chi connectivity index (χ1) is 12.2. The zero-order valence-corrected chi connectivity index (χ0v) is 15.5. The fourth-order valence-corrected chi connectivity index (χ4v) is 4.07. The van der Waals surface area contributed by atoms with E-state index in [1.165, 1.54) is 5.69 Å². The monoisotopic (exact) mass is 346 g/mol. The van der Waals surface area contributed by atoms with E-state index in [1.54, 1.807) is 0 Å². The Morgan fingerprint density at radius 2 is 1.44 bits per heavy atom. The Labute approximate surface area is 150 Å². The molecule has 1 aromatic rings. The van der Waals surface area contributed by atoms with Gasteiger partial charge in [-0.1, -0.05) is 13.8 Å². The summed E-state index contributed by atoms with van der Waals surface area (Å²) in [5, 5.41) is 0. The third-order valence-electron chi connectivity index (χ3n) is 5.71. The SMILES string of the molecule is CCC(CC)(C(=O)c1ccc(N2CCOCC2)cc1)N1CCOCC1. The molecule has 3 rings (SSSR count). The molecule has 0 atom stereocenters. The van der Waals surface area contributed by atoms with Crippen molar-refractivity contribution in [2.24, 2.45) is 0 Å². The normalized spacial score (nSPS) is 19.8. The second-order valence-electron chi connectivity index (χ2n) is 6.81. The van der Waals surface area contributed by atoms with E-state index >= 15 is 0 Å². The minimum atomic E-state index is -0.412. The molecular weight excluding hydrogens is 316 g/mol. The van der Waals surface area contributed by atoms with Gasteiger partial charge < -0.3 is 14.4 Å². The predicted molar refractivity (Wildman–Crippen MR) is 99.5 cm³/mol. The molecule has 0 radical (unpaired) electrons. The first-order valence-electron chi connectivity index (χ1n) is 9.51. The van der Waals surface area contributed by atoms with E-state index in [9.17, 15) is 4.79 Å². The zero-order chi connectivity index (χ0) is 17.7. The summed E-state index contributed by atoms with van der Waals surface area (Å²) in [6, 6.07) is 8.14. The number of carbonyl (C=O) groups is 1. The number of nitrogens with zero attached hydrogens (tertiary/aromatic N) is 2. The molecule has 0 N–H and O–H groups in total. The molecule has 25 heavy (non-hydrogen) atoms. The maximum Gasteiger partial charge on any atom is 0.183 e. The predicted octanol–water partition coefficient (Wildman–Crippen LogP) is 2.60. The maximum absolute atomic E-state index is 13.4. The molecule has 0 amide bonds. The van der Waals surface area contributed by atoms with Crippen LogP contribution in [0.15, 0.2) is 24.3 Å². The average molecular weight is 346 g/mol. The van der Waals surface area contributed by atoms with Crippen LogP contribution in [0.5, 0.6) is 0 Å². The molecule has 0 spiro atoms. The van der Waals surface area contributed by atoms with Gasteiger partial charge in [-0.2, -0.15) is 0 Å². The van der Waals surface area contributed by atoms with Crippen molar-refractivity contribution in [3.05, 3.63) is 29.8 Å². The molecule has 138 valence electrons. The number of carbonyl (C=O) groups excluding carboxylic acids is 1. The highest BCUT2D eigenvalue weighted by atomic mass is 16.5. The lowest BCUT2D eigenvalue weighted by Crippen LogP contribution is -2.57. The van der Waals surface area contributed by atoms with Gasteiger partial charge in [-0.15, -0.1) is 0 Å². The lowest BCUT2D eigenvalue weighted by molar-refractivity contribution is -0.0175. The van der Waals surface area contributed by atoms with Gasteiger partial charge in [0.25, 0.3) is 0 Å². The van der Waals surface area contributed by atoms with Crippen molar-refractivity contribution in [1.29, 1.82) is 0 Å². The largest absolute Gasteiger partial charge is 0.379 e. The molecule has 2 aliphatic heterocycles. The summed E-state index contributed by atoms with van der Waals surface area (Å²) in [5.41, 5.74) is 1.57. The highest BCUT2D eigenvalue weighted by Gasteiger charge is 2.41. The number of anilines is 1. The van der Waals surface area contributed by atoms with Crippen LogP contribution in [0, 0.1) is 0 Å². The Hall–Kier alpha value is -1.43. The lowest BCUT2D eigenvalue weighted by atomic mass is 9.82. The molecular formula is C20H30N2O3. The minimum absolute atomic E-state index is 0.243. The van der Waals surface area contributed by atoms with Gasteiger partial charge >= 0.3 is 0 Å². The average Bonchev–Trinajstić information content (AvgIpc) is 2.71. The molecule has 0 unspecified atom stereocenters. The highest BCUT2D eigenvalue weighted by Crippen LogP contribution is 2.30. The van der Waals surface area contributed by atoms with Gasteiger partial charge in [0, 0.05) is 37.4 Å². The van der Waals surface area contributed by atoms with Crippen molar-refractivity contribution in [3.63, 3.8) is 0 Å². The van der Waals surface area contributed by atoms with Crippen LogP contribution in [-0.4, -0.2) is 68.8 Å². The Kier molecular flexibility index (Phi) is 6.10. The Balaban J connectivity index is 1.79. The molecule has 0 bridgehead atoms. The summed E-state index contributed by atoms with van der Waals surface area (Å²) in [6.07, 6.45) is 1.65. The van der Waals surface area contributed by atoms with Gasteiger partial charge in [-0.05, 0) is 37.1 Å². The van der Waals surface area contributed by atoms with Crippen LogP contribution < -0.4 is 4.90 Å². The molecule has 1 aromatic carbocycles. The molecule has 2 heterocycles. The topological polar surface area (TPSA) is 42.0 Å². The Bertz CT molecular complexity index is 557. The molecule has 2 saturated heterocycles. The van der Waals surface area contributed by atoms with Crippen molar-refractivity contribution in [3.8, 4) is 0 Å². The van der Waals surface area contributed by atoms with Crippen molar-refractivity contribution in [2.45, 2.75) is 32.2 Å².